The second kappa shape index (κ2) is 5.43. The van der Waals surface area contributed by atoms with Gasteiger partial charge in [-0.25, -0.2) is 4.39 Å². The molecule has 4 rings (SSSR count). The summed E-state index contributed by atoms with van der Waals surface area (Å²) in [5.74, 6) is -0.705. The predicted octanol–water partition coefficient (Wildman–Crippen LogP) is 4.43. The van der Waals surface area contributed by atoms with E-state index in [1.54, 1.807) is 12.1 Å². The second-order valence-corrected chi connectivity index (χ2v) is 6.98. The second-order valence-electron chi connectivity index (χ2n) is 5.52. The van der Waals surface area contributed by atoms with Crippen molar-refractivity contribution >= 4 is 40.9 Å². The van der Waals surface area contributed by atoms with E-state index in [9.17, 15) is 17.6 Å². The van der Waals surface area contributed by atoms with Crippen LogP contribution in [0.2, 0.25) is 0 Å². The van der Waals surface area contributed by atoms with E-state index in [1.165, 1.54) is 24.5 Å². The molecule has 128 valence electrons. The van der Waals surface area contributed by atoms with Gasteiger partial charge in [-0.1, -0.05) is 17.8 Å². The molecule has 1 atom stereocenters. The summed E-state index contributed by atoms with van der Waals surface area (Å²) in [4.78, 5) is 3.75. The zero-order chi connectivity index (χ0) is 17.8. The fourth-order valence-electron chi connectivity index (χ4n) is 2.99. The number of thiocarbonyl (C=S) groups is 1. The maximum Gasteiger partial charge on any atom is 0.420 e. The number of rotatable bonds is 1. The highest BCUT2D eigenvalue weighted by Gasteiger charge is 2.65. The zero-order valence-electron chi connectivity index (χ0n) is 12.3. The number of benzene rings is 1. The third-order valence-corrected chi connectivity index (χ3v) is 5.47. The van der Waals surface area contributed by atoms with E-state index in [0.717, 1.165) is 17.8 Å². The van der Waals surface area contributed by atoms with Crippen LogP contribution in [0.15, 0.2) is 46.5 Å². The lowest BCUT2D eigenvalue weighted by molar-refractivity contribution is -0.181. The van der Waals surface area contributed by atoms with Gasteiger partial charge >= 0.3 is 6.18 Å². The third-order valence-electron chi connectivity index (χ3n) is 4.02. The van der Waals surface area contributed by atoms with Crippen LogP contribution < -0.4 is 10.6 Å². The van der Waals surface area contributed by atoms with Gasteiger partial charge in [-0.2, -0.15) is 13.2 Å². The number of halogens is 4. The average molecular weight is 383 g/mol. The van der Waals surface area contributed by atoms with Crippen LogP contribution >= 0.6 is 24.0 Å². The molecule has 2 aromatic rings. The molecule has 3 heterocycles. The normalized spacial score (nSPS) is 23.2. The fourth-order valence-corrected chi connectivity index (χ4v) is 4.62. The van der Waals surface area contributed by atoms with Crippen LogP contribution in [-0.2, 0) is 5.54 Å². The monoisotopic (exact) mass is 383 g/mol. The van der Waals surface area contributed by atoms with Crippen molar-refractivity contribution < 1.29 is 17.6 Å². The highest BCUT2D eigenvalue weighted by atomic mass is 32.2. The quantitative estimate of drug-likeness (QED) is 0.563. The van der Waals surface area contributed by atoms with Gasteiger partial charge in [0.1, 0.15) is 5.82 Å². The summed E-state index contributed by atoms with van der Waals surface area (Å²) in [5.41, 5.74) is -2.13. The first-order valence-corrected chi connectivity index (χ1v) is 8.34. The molecule has 0 saturated heterocycles. The molecule has 1 aromatic heterocycles. The van der Waals surface area contributed by atoms with Crippen molar-refractivity contribution in [3.8, 4) is 0 Å². The minimum Gasteiger partial charge on any atom is -0.341 e. The molecule has 2 aliphatic rings. The fraction of sp³-hybridized carbons (Fsp3) is 0.125. The van der Waals surface area contributed by atoms with Crippen LogP contribution in [0.4, 0.5) is 23.2 Å². The Morgan fingerprint density at radius 2 is 2.04 bits per heavy atom. The van der Waals surface area contributed by atoms with Crippen molar-refractivity contribution in [3.63, 3.8) is 0 Å². The first-order chi connectivity index (χ1) is 11.8. The smallest absolute Gasteiger partial charge is 0.341 e. The Balaban J connectivity index is 2.03. The van der Waals surface area contributed by atoms with Crippen molar-refractivity contribution in [2.45, 2.75) is 16.6 Å². The van der Waals surface area contributed by atoms with Gasteiger partial charge in [-0.05, 0) is 42.1 Å². The van der Waals surface area contributed by atoms with Crippen LogP contribution in [0.5, 0.6) is 0 Å². The molecule has 2 aliphatic heterocycles. The lowest BCUT2D eigenvalue weighted by atomic mass is 9.85. The number of pyridine rings is 1. The molecular formula is C16H9F4N3S2. The molecule has 25 heavy (non-hydrogen) atoms. The zero-order valence-corrected chi connectivity index (χ0v) is 14.0. The van der Waals surface area contributed by atoms with Crippen molar-refractivity contribution in [2.24, 2.45) is 0 Å². The van der Waals surface area contributed by atoms with E-state index in [1.807, 2.05) is 0 Å². The Morgan fingerprint density at radius 1 is 1.24 bits per heavy atom. The van der Waals surface area contributed by atoms with Crippen LogP contribution in [-0.4, -0.2) is 16.3 Å². The van der Waals surface area contributed by atoms with Crippen LogP contribution in [0.3, 0.4) is 0 Å². The summed E-state index contributed by atoms with van der Waals surface area (Å²) in [6, 6.07) is 5.65. The van der Waals surface area contributed by atoms with Crippen LogP contribution in [0, 0.1) is 5.82 Å². The Hall–Kier alpha value is -2.13. The molecule has 0 fully saturated rings. The molecule has 0 aliphatic carbocycles. The van der Waals surface area contributed by atoms with Gasteiger partial charge in [0.15, 0.2) is 10.7 Å². The van der Waals surface area contributed by atoms with Crippen molar-refractivity contribution in [1.29, 1.82) is 0 Å². The van der Waals surface area contributed by atoms with Gasteiger partial charge in [0.2, 0.25) is 0 Å². The molecular weight excluding hydrogens is 374 g/mol. The third kappa shape index (κ3) is 2.33. The number of nitrogens with one attached hydrogen (secondary N) is 2. The lowest BCUT2D eigenvalue weighted by Gasteiger charge is -2.39. The van der Waals surface area contributed by atoms with E-state index in [-0.39, 0.29) is 26.2 Å². The number of nitrogens with zero attached hydrogens (tertiary/aromatic N) is 1. The van der Waals surface area contributed by atoms with E-state index in [4.69, 9.17) is 12.2 Å². The van der Waals surface area contributed by atoms with Gasteiger partial charge in [0.25, 0.3) is 0 Å². The first-order valence-electron chi connectivity index (χ1n) is 7.12. The maximum atomic E-state index is 14.3. The van der Waals surface area contributed by atoms with E-state index >= 15 is 0 Å². The van der Waals surface area contributed by atoms with Gasteiger partial charge in [-0.3, -0.25) is 4.98 Å². The summed E-state index contributed by atoms with van der Waals surface area (Å²) < 4.78 is 56.9. The number of hydrogen-bond acceptors (Lipinski definition) is 3. The minimum absolute atomic E-state index is 0.0625. The molecule has 0 bridgehead atoms. The van der Waals surface area contributed by atoms with E-state index < -0.39 is 17.5 Å². The molecule has 0 spiro atoms. The highest BCUT2D eigenvalue weighted by Crippen LogP contribution is 2.62. The molecule has 0 saturated carbocycles. The minimum atomic E-state index is -4.73. The maximum absolute atomic E-state index is 14.3. The Bertz CT molecular complexity index is 912. The van der Waals surface area contributed by atoms with Crippen molar-refractivity contribution in [3.05, 3.63) is 58.5 Å². The van der Waals surface area contributed by atoms with Crippen LogP contribution in [0.25, 0.3) is 6.08 Å². The first kappa shape index (κ1) is 16.3. The summed E-state index contributed by atoms with van der Waals surface area (Å²) in [7, 11) is 0. The molecule has 0 radical (unpaired) electrons. The number of anilines is 1. The van der Waals surface area contributed by atoms with E-state index in [2.05, 4.69) is 15.6 Å². The van der Waals surface area contributed by atoms with Gasteiger partial charge < -0.3 is 10.6 Å². The molecule has 1 aromatic carbocycles. The number of alkyl halides is 3. The molecule has 0 amide bonds. The molecule has 3 nitrogen and oxygen atoms in total. The summed E-state index contributed by atoms with van der Waals surface area (Å²) in [6.45, 7) is 0. The average Bonchev–Trinajstić information content (AvgIpc) is 2.88. The summed E-state index contributed by atoms with van der Waals surface area (Å²) in [5, 5.41) is 4.86. The number of aromatic nitrogens is 1. The topological polar surface area (TPSA) is 37.0 Å². The van der Waals surface area contributed by atoms with Crippen molar-refractivity contribution in [2.75, 3.05) is 5.32 Å². The number of thioether (sulfide) groups is 1. The van der Waals surface area contributed by atoms with Gasteiger partial charge in [0.05, 0.1) is 4.90 Å². The molecule has 2 N–H and O–H groups in total. The van der Waals surface area contributed by atoms with Crippen LogP contribution in [0.1, 0.15) is 11.1 Å². The van der Waals surface area contributed by atoms with Crippen molar-refractivity contribution in [1.82, 2.24) is 10.3 Å². The largest absolute Gasteiger partial charge is 0.420 e. The summed E-state index contributed by atoms with van der Waals surface area (Å²) in [6.07, 6.45) is -0.408. The standard InChI is InChI=1S/C16H9F4N3S2/c17-9-3-4-10-12-13(9)25-11(6-8-2-1-5-21-7-8)15(12,16(18,19)20)23-14(24)22-10/h1-7H,(H2,22,23,24)/b11-6-/t15-/m0/s1. The van der Waals surface area contributed by atoms with E-state index in [0.29, 0.717) is 5.56 Å². The molecule has 9 heteroatoms. The van der Waals surface area contributed by atoms with Gasteiger partial charge in [-0.15, -0.1) is 0 Å². The highest BCUT2D eigenvalue weighted by molar-refractivity contribution is 8.03. The number of hydrogen-bond donors (Lipinski definition) is 2. The lowest BCUT2D eigenvalue weighted by Crippen LogP contribution is -2.59. The Labute approximate surface area is 149 Å². The summed E-state index contributed by atoms with van der Waals surface area (Å²) >= 11 is 5.72. The van der Waals surface area contributed by atoms with Gasteiger partial charge in [0, 0.05) is 28.5 Å². The Kier molecular flexibility index (Phi) is 3.55. The predicted molar refractivity (Wildman–Crippen MR) is 91.6 cm³/mol. The molecule has 0 unspecified atom stereocenters. The SMILES string of the molecule is Fc1ccc2c3c1S/C(=C\c1cccnc1)[C@]3(C(F)(F)F)NC(=S)N2. The Morgan fingerprint density at radius 3 is 2.72 bits per heavy atom.